The van der Waals surface area contributed by atoms with E-state index < -0.39 is 0 Å². The van der Waals surface area contributed by atoms with E-state index in [1.807, 2.05) is 22.0 Å². The van der Waals surface area contributed by atoms with Crippen LogP contribution >= 0.6 is 22.0 Å². The maximum absolute atomic E-state index is 3.31. The van der Waals surface area contributed by atoms with Crippen LogP contribution in [0.2, 0.25) is 0 Å². The summed E-state index contributed by atoms with van der Waals surface area (Å²) in [7, 11) is 3.71. The van der Waals surface area contributed by atoms with Crippen molar-refractivity contribution in [1.29, 1.82) is 0 Å². The summed E-state index contributed by atoms with van der Waals surface area (Å²) in [6.07, 6.45) is 0. The molecule has 0 aliphatic carbocycles. The zero-order chi connectivity index (χ0) is 8.23. The Labute approximate surface area is 81.1 Å². The van der Waals surface area contributed by atoms with Crippen molar-refractivity contribution >= 4 is 22.0 Å². The first-order valence-corrected chi connectivity index (χ1v) is 6.27. The van der Waals surface area contributed by atoms with E-state index in [0.717, 1.165) is 26.4 Å². The fourth-order valence-corrected chi connectivity index (χ4v) is 3.33. The van der Waals surface area contributed by atoms with Crippen molar-refractivity contribution in [3.05, 3.63) is 0 Å². The van der Waals surface area contributed by atoms with Crippen molar-refractivity contribution in [1.82, 2.24) is 19.2 Å². The van der Waals surface area contributed by atoms with E-state index >= 15 is 0 Å². The second kappa shape index (κ2) is 4.69. The molecule has 2 fully saturated rings. The SMILES string of the molecule is C1CN(SSN2CCNC2)CN1. The summed E-state index contributed by atoms with van der Waals surface area (Å²) in [6, 6.07) is 0. The zero-order valence-corrected chi connectivity index (χ0v) is 8.59. The van der Waals surface area contributed by atoms with Gasteiger partial charge in [-0.3, -0.25) is 0 Å². The second-order valence-electron chi connectivity index (χ2n) is 2.88. The predicted octanol–water partition coefficient (Wildman–Crippen LogP) is -0.0768. The zero-order valence-electron chi connectivity index (χ0n) is 6.95. The summed E-state index contributed by atoms with van der Waals surface area (Å²) >= 11 is 0. The lowest BCUT2D eigenvalue weighted by atomic mass is 10.7. The molecule has 0 aromatic carbocycles. The Hall–Kier alpha value is 0.540. The van der Waals surface area contributed by atoms with Gasteiger partial charge in [0.2, 0.25) is 0 Å². The van der Waals surface area contributed by atoms with E-state index in [9.17, 15) is 0 Å². The van der Waals surface area contributed by atoms with Crippen molar-refractivity contribution in [3.8, 4) is 0 Å². The van der Waals surface area contributed by atoms with Crippen LogP contribution in [0.5, 0.6) is 0 Å². The molecule has 0 bridgehead atoms. The molecular formula is C6H14N4S2. The van der Waals surface area contributed by atoms with Crippen LogP contribution in [0.15, 0.2) is 0 Å². The van der Waals surface area contributed by atoms with Crippen LogP contribution in [0.4, 0.5) is 0 Å². The molecular weight excluding hydrogens is 192 g/mol. The molecule has 70 valence electrons. The normalized spacial score (nSPS) is 27.0. The molecule has 0 unspecified atom stereocenters. The number of nitrogens with zero attached hydrogens (tertiary/aromatic N) is 2. The Morgan fingerprint density at radius 2 is 1.33 bits per heavy atom. The van der Waals surface area contributed by atoms with Gasteiger partial charge in [0.25, 0.3) is 0 Å². The van der Waals surface area contributed by atoms with E-state index in [-0.39, 0.29) is 0 Å². The molecule has 6 heteroatoms. The maximum Gasteiger partial charge on any atom is 0.0590 e. The van der Waals surface area contributed by atoms with Gasteiger partial charge in [0.1, 0.15) is 0 Å². The lowest BCUT2D eigenvalue weighted by Crippen LogP contribution is -2.16. The number of rotatable bonds is 3. The Bertz CT molecular complexity index is 118. The van der Waals surface area contributed by atoms with Gasteiger partial charge in [-0.25, -0.2) is 8.61 Å². The van der Waals surface area contributed by atoms with E-state index in [4.69, 9.17) is 0 Å². The van der Waals surface area contributed by atoms with Gasteiger partial charge in [-0.15, -0.1) is 0 Å². The molecule has 2 rings (SSSR count). The van der Waals surface area contributed by atoms with Gasteiger partial charge in [0, 0.05) is 48.1 Å². The van der Waals surface area contributed by atoms with Crippen LogP contribution < -0.4 is 10.6 Å². The lowest BCUT2D eigenvalue weighted by Gasteiger charge is -2.16. The largest absolute Gasteiger partial charge is 0.302 e. The van der Waals surface area contributed by atoms with Gasteiger partial charge in [-0.2, -0.15) is 0 Å². The van der Waals surface area contributed by atoms with Crippen LogP contribution in [0.3, 0.4) is 0 Å². The molecule has 4 nitrogen and oxygen atoms in total. The monoisotopic (exact) mass is 206 g/mol. The molecule has 12 heavy (non-hydrogen) atoms. The number of nitrogens with one attached hydrogen (secondary N) is 2. The van der Waals surface area contributed by atoms with Crippen LogP contribution in [0.1, 0.15) is 0 Å². The molecule has 2 N–H and O–H groups in total. The van der Waals surface area contributed by atoms with E-state index in [1.54, 1.807) is 0 Å². The fourth-order valence-electron chi connectivity index (χ4n) is 1.19. The van der Waals surface area contributed by atoms with Gasteiger partial charge < -0.3 is 10.6 Å². The summed E-state index contributed by atoms with van der Waals surface area (Å²) in [4.78, 5) is 0. The Balaban J connectivity index is 1.60. The van der Waals surface area contributed by atoms with E-state index in [0.29, 0.717) is 0 Å². The Morgan fingerprint density at radius 1 is 0.833 bits per heavy atom. The van der Waals surface area contributed by atoms with Gasteiger partial charge in [-0.1, -0.05) is 0 Å². The third kappa shape index (κ3) is 2.51. The third-order valence-electron chi connectivity index (χ3n) is 1.90. The van der Waals surface area contributed by atoms with Crippen molar-refractivity contribution in [2.24, 2.45) is 0 Å². The van der Waals surface area contributed by atoms with Gasteiger partial charge in [0.05, 0.1) is 13.3 Å². The third-order valence-corrected chi connectivity index (χ3v) is 4.47. The molecule has 2 saturated heterocycles. The lowest BCUT2D eigenvalue weighted by molar-refractivity contribution is 0.570. The molecule has 2 aliphatic rings. The first-order chi connectivity index (χ1) is 5.95. The first-order valence-electron chi connectivity index (χ1n) is 4.21. The fraction of sp³-hybridized carbons (Fsp3) is 1.00. The first kappa shape index (κ1) is 9.11. The smallest absolute Gasteiger partial charge is 0.0590 e. The minimum Gasteiger partial charge on any atom is -0.302 e. The Kier molecular flexibility index (Phi) is 3.56. The summed E-state index contributed by atoms with van der Waals surface area (Å²) in [6.45, 7) is 6.65. The topological polar surface area (TPSA) is 30.5 Å². The molecule has 0 aromatic heterocycles. The van der Waals surface area contributed by atoms with Crippen LogP contribution in [0.25, 0.3) is 0 Å². The van der Waals surface area contributed by atoms with Gasteiger partial charge >= 0.3 is 0 Å². The molecule has 2 heterocycles. The summed E-state index contributed by atoms with van der Waals surface area (Å²) < 4.78 is 4.70. The molecule has 0 aromatic rings. The number of hydrogen-bond donors (Lipinski definition) is 2. The second-order valence-corrected chi connectivity index (χ2v) is 5.10. The summed E-state index contributed by atoms with van der Waals surface area (Å²) in [5.41, 5.74) is 0. The summed E-state index contributed by atoms with van der Waals surface area (Å²) in [5, 5.41) is 6.61. The minimum atomic E-state index is 1.03. The van der Waals surface area contributed by atoms with Crippen molar-refractivity contribution in [2.45, 2.75) is 0 Å². The van der Waals surface area contributed by atoms with Gasteiger partial charge in [-0.05, 0) is 0 Å². The highest BCUT2D eigenvalue weighted by Gasteiger charge is 2.16. The molecule has 0 saturated carbocycles. The highest BCUT2D eigenvalue weighted by Crippen LogP contribution is 2.29. The molecule has 0 atom stereocenters. The molecule has 2 aliphatic heterocycles. The van der Waals surface area contributed by atoms with Crippen molar-refractivity contribution in [3.63, 3.8) is 0 Å². The highest BCUT2D eigenvalue weighted by atomic mass is 33.1. The van der Waals surface area contributed by atoms with E-state index in [2.05, 4.69) is 19.2 Å². The van der Waals surface area contributed by atoms with Crippen molar-refractivity contribution in [2.75, 3.05) is 39.5 Å². The van der Waals surface area contributed by atoms with Crippen LogP contribution in [0, 0.1) is 0 Å². The van der Waals surface area contributed by atoms with Crippen LogP contribution in [-0.2, 0) is 0 Å². The van der Waals surface area contributed by atoms with Crippen LogP contribution in [-0.4, -0.2) is 48.1 Å². The number of hydrogen-bond acceptors (Lipinski definition) is 6. The van der Waals surface area contributed by atoms with Crippen molar-refractivity contribution < 1.29 is 0 Å². The Morgan fingerprint density at radius 3 is 1.67 bits per heavy atom. The van der Waals surface area contributed by atoms with E-state index in [1.165, 1.54) is 13.1 Å². The molecule has 0 amide bonds. The average Bonchev–Trinajstić information content (AvgIpc) is 2.74. The standard InChI is InChI=1S/C6H14N4S2/c1-3-9(5-7-1)11-12-10-4-2-8-6-10/h7-8H,1-6H2. The summed E-state index contributed by atoms with van der Waals surface area (Å²) in [5.74, 6) is 0. The highest BCUT2D eigenvalue weighted by molar-refractivity contribution is 8.74. The molecule has 0 spiro atoms. The quantitative estimate of drug-likeness (QED) is 0.496. The van der Waals surface area contributed by atoms with Gasteiger partial charge in [0.15, 0.2) is 0 Å². The molecule has 0 radical (unpaired) electrons. The predicted molar refractivity (Wildman–Crippen MR) is 54.3 cm³/mol. The maximum atomic E-state index is 3.31. The minimum absolute atomic E-state index is 1.03. The average molecular weight is 206 g/mol.